The van der Waals surface area contributed by atoms with Gasteiger partial charge >= 0.3 is 0 Å². The Morgan fingerprint density at radius 2 is 2.29 bits per heavy atom. The van der Waals surface area contributed by atoms with E-state index in [4.69, 9.17) is 0 Å². The molecule has 0 saturated carbocycles. The Hall–Kier alpha value is -1.48. The van der Waals surface area contributed by atoms with E-state index in [2.05, 4.69) is 4.98 Å². The number of rotatable bonds is 2. The van der Waals surface area contributed by atoms with Crippen molar-refractivity contribution in [1.82, 2.24) is 4.98 Å². The Labute approximate surface area is 86.2 Å². The Kier molecular flexibility index (Phi) is 2.41. The molecule has 0 saturated heterocycles. The van der Waals surface area contributed by atoms with E-state index in [1.54, 1.807) is 17.5 Å². The van der Waals surface area contributed by atoms with Crippen LogP contribution < -0.4 is 0 Å². The molecule has 0 aliphatic heterocycles. The van der Waals surface area contributed by atoms with Crippen molar-refractivity contribution in [2.24, 2.45) is 0 Å². The molecule has 1 aromatic heterocycles. The standard InChI is InChI=1S/C11H9NOS/c1-8-2-3-10(9(6-8)7-13)11-12-4-5-14-11/h2-7H,1H3. The van der Waals surface area contributed by atoms with Gasteiger partial charge in [0, 0.05) is 22.7 Å². The predicted octanol–water partition coefficient (Wildman–Crippen LogP) is 2.93. The molecule has 1 aromatic carbocycles. The van der Waals surface area contributed by atoms with Crippen LogP contribution in [0.5, 0.6) is 0 Å². The third kappa shape index (κ3) is 1.59. The van der Waals surface area contributed by atoms with E-state index in [1.165, 1.54) is 0 Å². The molecule has 2 nitrogen and oxygen atoms in total. The topological polar surface area (TPSA) is 30.0 Å². The van der Waals surface area contributed by atoms with Crippen LogP contribution in [0.4, 0.5) is 0 Å². The zero-order valence-corrected chi connectivity index (χ0v) is 8.54. The Bertz CT molecular complexity index is 448. The Morgan fingerprint density at radius 1 is 1.43 bits per heavy atom. The van der Waals surface area contributed by atoms with Crippen LogP contribution in [0.3, 0.4) is 0 Å². The van der Waals surface area contributed by atoms with Gasteiger partial charge in [-0.05, 0) is 13.0 Å². The van der Waals surface area contributed by atoms with Gasteiger partial charge in [-0.2, -0.15) is 0 Å². The van der Waals surface area contributed by atoms with Crippen LogP contribution >= 0.6 is 11.3 Å². The van der Waals surface area contributed by atoms with Crippen molar-refractivity contribution in [2.45, 2.75) is 6.92 Å². The van der Waals surface area contributed by atoms with Crippen molar-refractivity contribution >= 4 is 17.6 Å². The second kappa shape index (κ2) is 3.72. The largest absolute Gasteiger partial charge is 0.298 e. The summed E-state index contributed by atoms with van der Waals surface area (Å²) >= 11 is 1.54. The number of benzene rings is 1. The van der Waals surface area contributed by atoms with Gasteiger partial charge in [-0.1, -0.05) is 17.7 Å². The summed E-state index contributed by atoms with van der Waals surface area (Å²) in [4.78, 5) is 15.0. The van der Waals surface area contributed by atoms with E-state index >= 15 is 0 Å². The fraction of sp³-hybridized carbons (Fsp3) is 0.0909. The molecular weight excluding hydrogens is 194 g/mol. The van der Waals surface area contributed by atoms with Crippen molar-refractivity contribution in [2.75, 3.05) is 0 Å². The minimum Gasteiger partial charge on any atom is -0.298 e. The second-order valence-electron chi connectivity index (χ2n) is 3.05. The zero-order chi connectivity index (χ0) is 9.97. The van der Waals surface area contributed by atoms with Crippen LogP contribution in [-0.4, -0.2) is 11.3 Å². The number of aldehydes is 1. The highest BCUT2D eigenvalue weighted by Crippen LogP contribution is 2.25. The van der Waals surface area contributed by atoms with Crippen LogP contribution in [0.1, 0.15) is 15.9 Å². The Morgan fingerprint density at radius 3 is 2.93 bits per heavy atom. The predicted molar refractivity (Wildman–Crippen MR) is 57.7 cm³/mol. The van der Waals surface area contributed by atoms with Crippen molar-refractivity contribution < 1.29 is 4.79 Å². The molecule has 0 aliphatic carbocycles. The van der Waals surface area contributed by atoms with Crippen LogP contribution in [0.25, 0.3) is 10.6 Å². The van der Waals surface area contributed by atoms with Gasteiger partial charge in [-0.15, -0.1) is 11.3 Å². The van der Waals surface area contributed by atoms with Crippen molar-refractivity contribution in [3.05, 3.63) is 40.9 Å². The van der Waals surface area contributed by atoms with Gasteiger partial charge in [0.25, 0.3) is 0 Å². The lowest BCUT2D eigenvalue weighted by Crippen LogP contribution is -1.87. The number of thiazole rings is 1. The summed E-state index contributed by atoms with van der Waals surface area (Å²) in [5, 5.41) is 2.80. The molecule has 0 unspecified atom stereocenters. The van der Waals surface area contributed by atoms with Gasteiger partial charge in [0.15, 0.2) is 6.29 Å². The highest BCUT2D eigenvalue weighted by molar-refractivity contribution is 7.13. The minimum atomic E-state index is 0.708. The molecule has 0 aliphatic rings. The number of carbonyl (C=O) groups is 1. The van der Waals surface area contributed by atoms with Gasteiger partial charge in [-0.25, -0.2) is 4.98 Å². The molecule has 0 bridgehead atoms. The number of aromatic nitrogens is 1. The molecule has 0 spiro atoms. The van der Waals surface area contributed by atoms with Crippen LogP contribution in [0.15, 0.2) is 29.8 Å². The lowest BCUT2D eigenvalue weighted by atomic mass is 10.1. The molecule has 0 amide bonds. The number of carbonyl (C=O) groups excluding carboxylic acids is 1. The first kappa shape index (κ1) is 9.09. The molecule has 2 aromatic rings. The number of aryl methyl sites for hydroxylation is 1. The van der Waals surface area contributed by atoms with E-state index in [1.807, 2.05) is 30.5 Å². The molecule has 0 atom stereocenters. The van der Waals surface area contributed by atoms with Gasteiger partial charge in [-0.3, -0.25) is 4.79 Å². The first-order valence-corrected chi connectivity index (χ1v) is 5.15. The number of hydrogen-bond acceptors (Lipinski definition) is 3. The van der Waals surface area contributed by atoms with Gasteiger partial charge in [0.1, 0.15) is 5.01 Å². The molecule has 70 valence electrons. The minimum absolute atomic E-state index is 0.708. The second-order valence-corrected chi connectivity index (χ2v) is 3.94. The summed E-state index contributed by atoms with van der Waals surface area (Å²) in [6.07, 6.45) is 2.62. The third-order valence-electron chi connectivity index (χ3n) is 2.00. The summed E-state index contributed by atoms with van der Waals surface area (Å²) in [6, 6.07) is 5.81. The molecule has 14 heavy (non-hydrogen) atoms. The lowest BCUT2D eigenvalue weighted by Gasteiger charge is -2.01. The highest BCUT2D eigenvalue weighted by Gasteiger charge is 2.06. The summed E-state index contributed by atoms with van der Waals surface area (Å²) < 4.78 is 0. The molecule has 3 heteroatoms. The molecule has 1 heterocycles. The molecule has 0 N–H and O–H groups in total. The fourth-order valence-electron chi connectivity index (χ4n) is 1.33. The summed E-state index contributed by atoms with van der Waals surface area (Å²) in [7, 11) is 0. The average Bonchev–Trinajstić information content (AvgIpc) is 2.70. The van der Waals surface area contributed by atoms with E-state index in [0.717, 1.165) is 22.4 Å². The van der Waals surface area contributed by atoms with Gasteiger partial charge in [0.05, 0.1) is 0 Å². The monoisotopic (exact) mass is 203 g/mol. The lowest BCUT2D eigenvalue weighted by molar-refractivity contribution is 0.112. The summed E-state index contributed by atoms with van der Waals surface area (Å²) in [5.41, 5.74) is 2.72. The smallest absolute Gasteiger partial charge is 0.150 e. The van der Waals surface area contributed by atoms with Crippen molar-refractivity contribution in [1.29, 1.82) is 0 Å². The zero-order valence-electron chi connectivity index (χ0n) is 7.73. The van der Waals surface area contributed by atoms with Gasteiger partial charge in [0.2, 0.25) is 0 Å². The fourth-order valence-corrected chi connectivity index (χ4v) is 2.02. The normalized spacial score (nSPS) is 10.1. The molecule has 0 radical (unpaired) electrons. The summed E-state index contributed by atoms with van der Waals surface area (Å²) in [5.74, 6) is 0. The van der Waals surface area contributed by atoms with E-state index < -0.39 is 0 Å². The maximum absolute atomic E-state index is 10.9. The quantitative estimate of drug-likeness (QED) is 0.702. The van der Waals surface area contributed by atoms with E-state index in [9.17, 15) is 4.79 Å². The SMILES string of the molecule is Cc1ccc(-c2nccs2)c(C=O)c1. The van der Waals surface area contributed by atoms with Crippen molar-refractivity contribution in [3.8, 4) is 10.6 Å². The summed E-state index contributed by atoms with van der Waals surface area (Å²) in [6.45, 7) is 1.97. The highest BCUT2D eigenvalue weighted by atomic mass is 32.1. The Balaban J connectivity index is 2.58. The third-order valence-corrected chi connectivity index (χ3v) is 2.80. The maximum atomic E-state index is 10.9. The first-order chi connectivity index (χ1) is 6.81. The van der Waals surface area contributed by atoms with Gasteiger partial charge < -0.3 is 0 Å². The molecular formula is C11H9NOS. The molecule has 2 rings (SSSR count). The van der Waals surface area contributed by atoms with Crippen LogP contribution in [0.2, 0.25) is 0 Å². The van der Waals surface area contributed by atoms with Crippen LogP contribution in [0, 0.1) is 6.92 Å². The molecule has 0 fully saturated rings. The number of nitrogens with zero attached hydrogens (tertiary/aromatic N) is 1. The maximum Gasteiger partial charge on any atom is 0.150 e. The van der Waals surface area contributed by atoms with E-state index in [-0.39, 0.29) is 0 Å². The van der Waals surface area contributed by atoms with Crippen molar-refractivity contribution in [3.63, 3.8) is 0 Å². The van der Waals surface area contributed by atoms with E-state index in [0.29, 0.717) is 5.56 Å². The van der Waals surface area contributed by atoms with Crippen LogP contribution in [-0.2, 0) is 0 Å². The number of hydrogen-bond donors (Lipinski definition) is 0. The average molecular weight is 203 g/mol. The first-order valence-electron chi connectivity index (χ1n) is 4.27.